The predicted octanol–water partition coefficient (Wildman–Crippen LogP) is 6.35. The minimum absolute atomic E-state index is 0.110. The summed E-state index contributed by atoms with van der Waals surface area (Å²) in [5.74, 6) is 5.57. The van der Waals surface area contributed by atoms with Crippen LogP contribution in [-0.2, 0) is 0 Å². The summed E-state index contributed by atoms with van der Waals surface area (Å²) in [6.07, 6.45) is 17.0. The molecule has 11 heteroatoms. The highest BCUT2D eigenvalue weighted by Crippen LogP contribution is 2.49. The third kappa shape index (κ3) is 3.11. The van der Waals surface area contributed by atoms with Crippen LogP contribution >= 0.6 is 22.2 Å². The van der Waals surface area contributed by atoms with Gasteiger partial charge in [-0.1, -0.05) is 119 Å². The van der Waals surface area contributed by atoms with E-state index >= 15 is 0 Å². The normalized spacial score (nSPS) is 26.7. The van der Waals surface area contributed by atoms with Gasteiger partial charge in [0.05, 0.1) is 0 Å². The van der Waals surface area contributed by atoms with Crippen LogP contribution in [0.5, 0.6) is 0 Å². The minimum Gasteiger partial charge on any atom is -0.351 e. The highest BCUT2D eigenvalue weighted by molar-refractivity contribution is 7.44. The summed E-state index contributed by atoms with van der Waals surface area (Å²) in [4.78, 5) is 0. The van der Waals surface area contributed by atoms with Gasteiger partial charge >= 0.3 is 7.02 Å². The first kappa shape index (κ1) is 24.0. The summed E-state index contributed by atoms with van der Waals surface area (Å²) in [5, 5.41) is 27.1. The van der Waals surface area contributed by atoms with E-state index in [2.05, 4.69) is 138 Å². The monoisotopic (exact) mass is 620 g/mol. The Kier molecular flexibility index (Phi) is 4.67. The molecule has 0 radical (unpaired) electrons. The van der Waals surface area contributed by atoms with Gasteiger partial charge in [0, 0.05) is 44.5 Å². The average molecular weight is 622 g/mol. The lowest BCUT2D eigenvalue weighted by atomic mass is 9.94. The molecule has 43 heavy (non-hydrogen) atoms. The van der Waals surface area contributed by atoms with Gasteiger partial charge in [0.15, 0.2) is 0 Å². The number of halogens is 2. The van der Waals surface area contributed by atoms with Crippen LogP contribution in [0.3, 0.4) is 0 Å². The highest BCUT2D eigenvalue weighted by atomic mass is 35.7. The van der Waals surface area contributed by atoms with Crippen LogP contribution in [-0.4, -0.2) is 27.8 Å². The van der Waals surface area contributed by atoms with Crippen molar-refractivity contribution in [3.8, 4) is 0 Å². The maximum Gasteiger partial charge on any atom is 0.483 e. The smallest absolute Gasteiger partial charge is 0.351 e. The van der Waals surface area contributed by atoms with E-state index in [0.29, 0.717) is 0 Å². The summed E-state index contributed by atoms with van der Waals surface area (Å²) in [6, 6.07) is 16.8. The lowest BCUT2D eigenvalue weighted by molar-refractivity contribution is 0.585. The second kappa shape index (κ2) is 8.34. The molecule has 212 valence electrons. The molecule has 4 atom stereocenters. The SMILES string of the molecule is Cl[Si]1(Cl)n2c3c4ccccc4c2NC2=C4C=CC=CC4C(N2)Nc2c4ccccc4c(n21)NC1NC(=C2C=CC=CC21)N3. The molecule has 2 aromatic carbocycles. The quantitative estimate of drug-likeness (QED) is 0.102. The molecule has 4 aromatic rings. The first-order chi connectivity index (χ1) is 21.1. The molecule has 6 N–H and O–H groups in total. The molecule has 4 aliphatic heterocycles. The Morgan fingerprint density at radius 1 is 0.535 bits per heavy atom. The van der Waals surface area contributed by atoms with E-state index < -0.39 is 7.02 Å². The maximum absolute atomic E-state index is 7.91. The van der Waals surface area contributed by atoms with Gasteiger partial charge in [-0.25, -0.2) is 0 Å². The summed E-state index contributed by atoms with van der Waals surface area (Å²) in [5.41, 5.74) is 2.37. The summed E-state index contributed by atoms with van der Waals surface area (Å²) in [6.45, 7) is 0. The fourth-order valence-electron chi connectivity index (χ4n) is 7.52. The van der Waals surface area contributed by atoms with Crippen LogP contribution in [0.25, 0.3) is 21.5 Å². The Morgan fingerprint density at radius 3 is 1.42 bits per heavy atom. The number of hydrogen-bond acceptors (Lipinski definition) is 6. The number of aromatic nitrogens is 2. The Bertz CT molecular complexity index is 1970. The molecular weight excluding hydrogens is 595 g/mol. The third-order valence-corrected chi connectivity index (χ3v) is 13.4. The zero-order valence-corrected chi connectivity index (χ0v) is 25.2. The topological polar surface area (TPSA) is 82.0 Å². The average Bonchev–Trinajstić information content (AvgIpc) is 3.74. The fraction of sp³-hybridized carbons (Fsp3) is 0.125. The molecule has 0 amide bonds. The first-order valence-corrected chi connectivity index (χ1v) is 18.4. The molecule has 2 aromatic heterocycles. The van der Waals surface area contributed by atoms with Crippen molar-refractivity contribution in [2.75, 3.05) is 21.3 Å². The molecular formula is C32H26Cl2N8Si. The molecule has 0 fully saturated rings. The van der Waals surface area contributed by atoms with E-state index in [9.17, 15) is 0 Å². The van der Waals surface area contributed by atoms with Crippen molar-refractivity contribution in [3.63, 3.8) is 0 Å². The van der Waals surface area contributed by atoms with Gasteiger partial charge in [-0.2, -0.15) is 0 Å². The molecule has 6 bridgehead atoms. The molecule has 6 heterocycles. The number of anilines is 4. The molecule has 6 aliphatic rings. The van der Waals surface area contributed by atoms with Crippen LogP contribution in [0.1, 0.15) is 0 Å². The Hall–Kier alpha value is -4.44. The van der Waals surface area contributed by atoms with Gasteiger partial charge in [-0.05, 0) is 0 Å². The van der Waals surface area contributed by atoms with Crippen LogP contribution in [0.15, 0.2) is 120 Å². The second-order valence-electron chi connectivity index (χ2n) is 11.6. The predicted molar refractivity (Wildman–Crippen MR) is 178 cm³/mol. The van der Waals surface area contributed by atoms with Crippen molar-refractivity contribution in [2.45, 2.75) is 12.3 Å². The van der Waals surface area contributed by atoms with E-state index in [1.165, 1.54) is 11.1 Å². The van der Waals surface area contributed by atoms with Crippen LogP contribution in [0.2, 0.25) is 0 Å². The number of nitrogens with zero attached hydrogens (tertiary/aromatic N) is 2. The first-order valence-electron chi connectivity index (χ1n) is 14.5. The molecule has 4 unspecified atom stereocenters. The van der Waals surface area contributed by atoms with Crippen LogP contribution < -0.4 is 31.9 Å². The van der Waals surface area contributed by atoms with E-state index in [1.807, 2.05) is 0 Å². The van der Waals surface area contributed by atoms with Crippen molar-refractivity contribution in [1.82, 2.24) is 19.1 Å². The Morgan fingerprint density at radius 2 is 0.953 bits per heavy atom. The zero-order valence-electron chi connectivity index (χ0n) is 22.7. The molecule has 0 saturated carbocycles. The van der Waals surface area contributed by atoms with Crippen molar-refractivity contribution in [2.24, 2.45) is 11.8 Å². The molecule has 0 spiro atoms. The Balaban J connectivity index is 1.37. The van der Waals surface area contributed by atoms with Gasteiger partial charge < -0.3 is 31.9 Å². The summed E-state index contributed by atoms with van der Waals surface area (Å²) < 4.78 is 4.27. The van der Waals surface area contributed by atoms with Gasteiger partial charge in [0.2, 0.25) is 0 Å². The minimum atomic E-state index is -3.65. The second-order valence-corrected chi connectivity index (χ2v) is 17.3. The van der Waals surface area contributed by atoms with Crippen LogP contribution in [0.4, 0.5) is 23.3 Å². The molecule has 2 aliphatic carbocycles. The van der Waals surface area contributed by atoms with E-state index in [1.54, 1.807) is 0 Å². The van der Waals surface area contributed by atoms with Crippen molar-refractivity contribution in [3.05, 3.63) is 120 Å². The van der Waals surface area contributed by atoms with Crippen molar-refractivity contribution in [1.29, 1.82) is 0 Å². The largest absolute Gasteiger partial charge is 0.483 e. The summed E-state index contributed by atoms with van der Waals surface area (Å²) >= 11 is 15.8. The van der Waals surface area contributed by atoms with Crippen molar-refractivity contribution < 1.29 is 0 Å². The van der Waals surface area contributed by atoms with E-state index in [-0.39, 0.29) is 24.2 Å². The molecule has 0 saturated heterocycles. The van der Waals surface area contributed by atoms with Gasteiger partial charge in [0.1, 0.15) is 47.2 Å². The lowest BCUT2D eigenvalue weighted by Gasteiger charge is -2.34. The number of fused-ring (bicyclic) bond motifs is 14. The maximum atomic E-state index is 7.91. The lowest BCUT2D eigenvalue weighted by Crippen LogP contribution is -2.48. The number of rotatable bonds is 0. The van der Waals surface area contributed by atoms with Gasteiger partial charge in [-0.15, -0.1) is 0 Å². The van der Waals surface area contributed by atoms with Gasteiger partial charge in [0.25, 0.3) is 0 Å². The molecule has 8 nitrogen and oxygen atoms in total. The van der Waals surface area contributed by atoms with Gasteiger partial charge in [-0.3, -0.25) is 8.47 Å². The third-order valence-electron chi connectivity index (χ3n) is 9.40. The van der Waals surface area contributed by atoms with Crippen molar-refractivity contribution >= 4 is 74.0 Å². The highest BCUT2D eigenvalue weighted by Gasteiger charge is 2.48. The zero-order chi connectivity index (χ0) is 28.4. The Labute approximate surface area is 257 Å². The van der Waals surface area contributed by atoms with E-state index in [4.69, 9.17) is 22.2 Å². The number of benzene rings is 2. The summed E-state index contributed by atoms with van der Waals surface area (Å²) in [7, 11) is -3.65. The number of hydrogen-bond donors (Lipinski definition) is 6. The van der Waals surface area contributed by atoms with Crippen LogP contribution in [0, 0.1) is 11.8 Å². The number of nitrogens with one attached hydrogen (secondary N) is 6. The molecule has 10 rings (SSSR count). The fourth-order valence-corrected chi connectivity index (χ4v) is 11.5. The number of allylic oxidation sites excluding steroid dienone is 6. The standard InChI is InChI=1S/C32H26Cl2N8Si/c33-43(34)41-29-21-13-5-6-14-22(21)31(41)39-27-19-11-3-4-12-20(19)28(36-27)40-32-24-16-8-7-15-23(24)30(42(32)43)38-26-18-10-2-1-9-17(18)25(35-26)37-29/h1-17,19,25,27,35-40H. The van der Waals surface area contributed by atoms with E-state index in [0.717, 1.165) is 56.5 Å².